The van der Waals surface area contributed by atoms with E-state index in [1.165, 1.54) is 70.6 Å². The molecule has 240 valence electrons. The van der Waals surface area contributed by atoms with Crippen LogP contribution in [0.2, 0.25) is 18.6 Å². The molecule has 2 aromatic carbocycles. The summed E-state index contributed by atoms with van der Waals surface area (Å²) in [6.45, 7) is 12.6. The molecule has 0 aromatic heterocycles. The molecule has 0 amide bonds. The fraction of sp³-hybridized carbons (Fsp3) is 0.452. The molecule has 6 rings (SSSR count). The molecule has 2 saturated carbocycles. The third kappa shape index (κ3) is 12.6. The Morgan fingerprint density at radius 3 is 1.20 bits per heavy atom. The Morgan fingerprint density at radius 2 is 0.867 bits per heavy atom. The summed E-state index contributed by atoms with van der Waals surface area (Å²) in [4.78, 5) is 5.78. The number of fused-ring (bicyclic) bond motifs is 3. The van der Waals surface area contributed by atoms with Gasteiger partial charge in [-0.3, -0.25) is 0 Å². The maximum Gasteiger partial charge on any atom is 4.00 e. The monoisotopic (exact) mass is 653 g/mol. The third-order valence-corrected chi connectivity index (χ3v) is 13.2. The molecule has 0 N–H and O–H groups in total. The van der Waals surface area contributed by atoms with Crippen LogP contribution in [0.25, 0.3) is 4.98 Å². The van der Waals surface area contributed by atoms with Gasteiger partial charge in [-0.1, -0.05) is 158 Å². The smallest absolute Gasteiger partial charge is 0.662 e. The Hall–Kier alpha value is -1.97. The molecule has 3 heteroatoms. The van der Waals surface area contributed by atoms with Crippen LogP contribution < -0.4 is 0 Å². The Kier molecular flexibility index (Phi) is 18.3. The van der Waals surface area contributed by atoms with E-state index in [9.17, 15) is 0 Å². The Labute approximate surface area is 294 Å². The van der Waals surface area contributed by atoms with Gasteiger partial charge in [-0.15, -0.1) is 30.3 Å². The summed E-state index contributed by atoms with van der Waals surface area (Å²) in [5, 5.41) is 0. The average molecular weight is 654 g/mol. The van der Waals surface area contributed by atoms with Gasteiger partial charge in [0.15, 0.2) is 0 Å². The number of benzene rings is 2. The molecule has 0 spiro atoms. The number of hydrogen-bond acceptors (Lipinski definition) is 0. The SMILES string of the molecule is C[Si](C)([N-]C1CCCCCCCCCCC1)C1C2C=CC=CC2C2C=CC=CC21.[CH2-]c1ccccc1.[CH2-]c1ccccc1.[CH3-].[Ti+4]. The average Bonchev–Trinajstić information content (AvgIpc) is 3.35. The molecule has 0 radical (unpaired) electrons. The van der Waals surface area contributed by atoms with E-state index >= 15 is 0 Å². The zero-order chi connectivity index (χ0) is 30.3. The molecule has 4 unspecified atom stereocenters. The largest absolute Gasteiger partial charge is 4.00 e. The molecule has 1 nitrogen and oxygen atoms in total. The van der Waals surface area contributed by atoms with Crippen LogP contribution in [0.1, 0.15) is 81.8 Å². The molecule has 4 atom stereocenters. The van der Waals surface area contributed by atoms with Gasteiger partial charge in [0.25, 0.3) is 0 Å². The first-order chi connectivity index (χ1) is 21.0. The molecule has 4 aliphatic rings. The summed E-state index contributed by atoms with van der Waals surface area (Å²) < 4.78 is 0. The number of hydrogen-bond donors (Lipinski definition) is 0. The topological polar surface area (TPSA) is 14.1 Å². The standard InChI is InChI=1S/C27H42NSi.2C7H7.CH3.Ti/c1-29(2,28-22-16-10-8-6-4-3-5-7-9-11-17-22)27-25-20-14-12-18-23(25)24-19-13-15-21-26(24)27;2*1-7-5-3-2-4-6-7;;/h12-15,18-27H,3-11,16-17H2,1-2H3;2*2-6H,1H2;1H3;/q4*-1;+4. The minimum Gasteiger partial charge on any atom is -0.662 e. The Bertz CT molecular complexity index is 1080. The number of allylic oxidation sites excluding steroid dienone is 8. The zero-order valence-corrected chi connectivity index (χ0v) is 31.1. The van der Waals surface area contributed by atoms with Crippen molar-refractivity contribution in [3.63, 3.8) is 0 Å². The van der Waals surface area contributed by atoms with Crippen LogP contribution in [0.15, 0.2) is 109 Å². The molecular weight excluding hydrogens is 594 g/mol. The quantitative estimate of drug-likeness (QED) is 0.231. The van der Waals surface area contributed by atoms with Gasteiger partial charge < -0.3 is 12.4 Å². The van der Waals surface area contributed by atoms with Crippen molar-refractivity contribution in [3.8, 4) is 0 Å². The van der Waals surface area contributed by atoms with Crippen molar-refractivity contribution >= 4 is 8.24 Å². The minimum absolute atomic E-state index is 0. The molecule has 45 heavy (non-hydrogen) atoms. The minimum atomic E-state index is -1.71. The van der Waals surface area contributed by atoms with E-state index in [2.05, 4.69) is 75.5 Å². The van der Waals surface area contributed by atoms with E-state index < -0.39 is 8.24 Å². The third-order valence-electron chi connectivity index (χ3n) is 9.81. The summed E-state index contributed by atoms with van der Waals surface area (Å²) in [5.74, 6) is 2.77. The van der Waals surface area contributed by atoms with Gasteiger partial charge in [0.05, 0.1) is 0 Å². The van der Waals surface area contributed by atoms with E-state index in [1.54, 1.807) is 0 Å². The first-order valence-corrected chi connectivity index (χ1v) is 20.1. The van der Waals surface area contributed by atoms with Crippen LogP contribution in [-0.2, 0) is 21.7 Å². The van der Waals surface area contributed by atoms with Crippen molar-refractivity contribution in [1.82, 2.24) is 0 Å². The van der Waals surface area contributed by atoms with Gasteiger partial charge in [0.1, 0.15) is 0 Å². The van der Waals surface area contributed by atoms with E-state index in [0.29, 0.717) is 29.7 Å². The summed E-state index contributed by atoms with van der Waals surface area (Å²) in [7, 11) is -1.71. The van der Waals surface area contributed by atoms with Crippen LogP contribution in [0, 0.1) is 44.9 Å². The second-order valence-corrected chi connectivity index (χ2v) is 17.8. The van der Waals surface area contributed by atoms with E-state index in [-0.39, 0.29) is 29.1 Å². The van der Waals surface area contributed by atoms with Crippen LogP contribution in [0.5, 0.6) is 0 Å². The molecule has 0 heterocycles. The zero-order valence-electron chi connectivity index (χ0n) is 28.5. The molecule has 0 aliphatic heterocycles. The van der Waals surface area contributed by atoms with E-state index in [0.717, 1.165) is 16.7 Å². The van der Waals surface area contributed by atoms with Crippen LogP contribution in [0.4, 0.5) is 0 Å². The van der Waals surface area contributed by atoms with Gasteiger partial charge in [-0.25, -0.2) is 0 Å². The van der Waals surface area contributed by atoms with E-state index in [1.807, 2.05) is 60.7 Å². The Balaban J connectivity index is 0.000000363. The van der Waals surface area contributed by atoms with Gasteiger partial charge in [-0.2, -0.15) is 49.2 Å². The van der Waals surface area contributed by atoms with Gasteiger partial charge in [0.2, 0.25) is 0 Å². The van der Waals surface area contributed by atoms with Crippen molar-refractivity contribution in [2.45, 2.75) is 95.3 Å². The van der Waals surface area contributed by atoms with Gasteiger partial charge in [-0.05, 0) is 23.7 Å². The maximum absolute atomic E-state index is 5.78. The number of rotatable bonds is 3. The summed E-state index contributed by atoms with van der Waals surface area (Å²) >= 11 is 0. The predicted octanol–water partition coefficient (Wildman–Crippen LogP) is 12.5. The van der Waals surface area contributed by atoms with Crippen molar-refractivity contribution in [2.24, 2.45) is 23.7 Å². The maximum atomic E-state index is 5.78. The van der Waals surface area contributed by atoms with Crippen LogP contribution in [-0.4, -0.2) is 14.3 Å². The molecular formula is C42H59NSiTi. The van der Waals surface area contributed by atoms with Crippen molar-refractivity contribution in [1.29, 1.82) is 0 Å². The van der Waals surface area contributed by atoms with Crippen LogP contribution >= 0.6 is 0 Å². The van der Waals surface area contributed by atoms with Gasteiger partial charge in [0, 0.05) is 0 Å². The van der Waals surface area contributed by atoms with Crippen LogP contribution in [0.3, 0.4) is 0 Å². The van der Waals surface area contributed by atoms with Crippen molar-refractivity contribution < 1.29 is 21.7 Å². The molecule has 2 aromatic rings. The summed E-state index contributed by atoms with van der Waals surface area (Å²) in [6, 6.07) is 20.4. The van der Waals surface area contributed by atoms with Crippen molar-refractivity contribution in [3.05, 3.63) is 147 Å². The first-order valence-electron chi connectivity index (χ1n) is 17.1. The first kappa shape index (κ1) is 39.2. The molecule has 4 aliphatic carbocycles. The second-order valence-electron chi connectivity index (χ2n) is 13.5. The van der Waals surface area contributed by atoms with Crippen molar-refractivity contribution in [2.75, 3.05) is 0 Å². The fourth-order valence-electron chi connectivity index (χ4n) is 7.75. The van der Waals surface area contributed by atoms with Gasteiger partial charge >= 0.3 is 21.7 Å². The molecule has 0 bridgehead atoms. The number of nitrogens with zero attached hydrogens (tertiary/aromatic N) is 1. The summed E-state index contributed by atoms with van der Waals surface area (Å²) in [6.07, 6.45) is 34.8. The van der Waals surface area contributed by atoms with E-state index in [4.69, 9.17) is 4.98 Å². The predicted molar refractivity (Wildman–Crippen MR) is 198 cm³/mol. The Morgan fingerprint density at radius 1 is 0.533 bits per heavy atom. The normalized spacial score (nSPS) is 26.0. The molecule has 0 saturated heterocycles. The molecule has 2 fully saturated rings. The summed E-state index contributed by atoms with van der Waals surface area (Å²) in [5.41, 5.74) is 2.89. The fourth-order valence-corrected chi connectivity index (χ4v) is 11.7. The second kappa shape index (κ2) is 21.0.